The topological polar surface area (TPSA) is 0 Å². The van der Waals surface area contributed by atoms with Crippen molar-refractivity contribution < 1.29 is 0 Å². The molecule has 0 radical (unpaired) electrons. The third kappa shape index (κ3) is 1.62. The van der Waals surface area contributed by atoms with E-state index >= 15 is 0 Å². The Kier molecular flexibility index (Phi) is 3.20. The number of hydrogen-bond acceptors (Lipinski definition) is 2. The van der Waals surface area contributed by atoms with Crippen molar-refractivity contribution in [2.45, 2.75) is 17.1 Å². The van der Waals surface area contributed by atoms with Crippen molar-refractivity contribution in [2.75, 3.05) is 6.26 Å². The molecule has 0 saturated carbocycles. The summed E-state index contributed by atoms with van der Waals surface area (Å²) < 4.78 is 1.40. The normalized spacial score (nSPS) is 11.1. The molecule has 0 N–H and O–H groups in total. The highest BCUT2D eigenvalue weighted by atomic mass is 79.9. The minimum Gasteiger partial charge on any atom is -0.143 e. The summed E-state index contributed by atoms with van der Waals surface area (Å²) >= 11 is 7.22. The molecule has 0 aliphatic carbocycles. The number of aryl methyl sites for hydroxylation is 1. The highest BCUT2D eigenvalue weighted by Gasteiger charge is 2.09. The van der Waals surface area contributed by atoms with Crippen LogP contribution < -0.4 is 0 Å². The van der Waals surface area contributed by atoms with E-state index in [2.05, 4.69) is 46.6 Å². The van der Waals surface area contributed by atoms with Crippen molar-refractivity contribution in [3.8, 4) is 0 Å². The molecule has 0 aliphatic heterocycles. The van der Waals surface area contributed by atoms with Gasteiger partial charge in [0.2, 0.25) is 0 Å². The van der Waals surface area contributed by atoms with Crippen molar-refractivity contribution in [1.82, 2.24) is 0 Å². The van der Waals surface area contributed by atoms with Crippen LogP contribution in [0.1, 0.15) is 11.1 Å². The lowest BCUT2D eigenvalue weighted by Crippen LogP contribution is -1.84. The summed E-state index contributed by atoms with van der Waals surface area (Å²) in [7, 11) is 0. The molecule has 0 bridgehead atoms. The predicted molar refractivity (Wildman–Crippen MR) is 71.0 cm³/mol. The van der Waals surface area contributed by atoms with Gasteiger partial charge in [0.05, 0.1) is 0 Å². The molecule has 0 nitrogen and oxygen atoms in total. The maximum absolute atomic E-state index is 3.54. The zero-order chi connectivity index (χ0) is 10.1. The smallest absolute Gasteiger partial charge is 0.0356 e. The quantitative estimate of drug-likeness (QED) is 0.563. The first-order valence-electron chi connectivity index (χ1n) is 4.37. The van der Waals surface area contributed by atoms with E-state index in [1.807, 2.05) is 23.1 Å². The Balaban J connectivity index is 2.81. The van der Waals surface area contributed by atoms with Gasteiger partial charge >= 0.3 is 0 Å². The van der Waals surface area contributed by atoms with Crippen LogP contribution in [0.5, 0.6) is 0 Å². The molecule has 0 fully saturated rings. The van der Waals surface area contributed by atoms with Gasteiger partial charge in [0.25, 0.3) is 0 Å². The van der Waals surface area contributed by atoms with Gasteiger partial charge in [-0.3, -0.25) is 0 Å². The van der Waals surface area contributed by atoms with Crippen LogP contribution in [0.4, 0.5) is 0 Å². The van der Waals surface area contributed by atoms with Gasteiger partial charge in [0.15, 0.2) is 0 Å². The van der Waals surface area contributed by atoms with E-state index in [-0.39, 0.29) is 0 Å². The van der Waals surface area contributed by atoms with Crippen molar-refractivity contribution in [2.24, 2.45) is 0 Å². The minimum absolute atomic E-state index is 0.939. The third-order valence-electron chi connectivity index (χ3n) is 2.31. The van der Waals surface area contributed by atoms with Gasteiger partial charge in [-0.2, -0.15) is 0 Å². The average molecular weight is 287 g/mol. The first-order valence-corrected chi connectivity index (χ1v) is 7.60. The highest BCUT2D eigenvalue weighted by Crippen LogP contribution is 2.36. The van der Waals surface area contributed by atoms with E-state index in [0.717, 1.165) is 5.33 Å². The molecule has 3 heteroatoms. The van der Waals surface area contributed by atoms with E-state index in [1.165, 1.54) is 26.1 Å². The number of benzene rings is 1. The highest BCUT2D eigenvalue weighted by molar-refractivity contribution is 9.08. The van der Waals surface area contributed by atoms with E-state index < -0.39 is 0 Å². The van der Waals surface area contributed by atoms with E-state index in [1.54, 1.807) is 0 Å². The van der Waals surface area contributed by atoms with Gasteiger partial charge in [0.1, 0.15) is 0 Å². The van der Waals surface area contributed by atoms with Crippen LogP contribution in [-0.2, 0) is 5.33 Å². The molecule has 0 aliphatic rings. The Morgan fingerprint density at radius 3 is 2.86 bits per heavy atom. The molecule has 0 unspecified atom stereocenters. The Morgan fingerprint density at radius 1 is 1.43 bits per heavy atom. The lowest BCUT2D eigenvalue weighted by molar-refractivity contribution is 1.32. The largest absolute Gasteiger partial charge is 0.143 e. The van der Waals surface area contributed by atoms with Crippen LogP contribution in [0.2, 0.25) is 0 Å². The van der Waals surface area contributed by atoms with E-state index in [0.29, 0.717) is 0 Å². The fraction of sp³-hybridized carbons (Fsp3) is 0.273. The molecule has 1 aromatic heterocycles. The van der Waals surface area contributed by atoms with Crippen LogP contribution in [0.15, 0.2) is 22.4 Å². The van der Waals surface area contributed by atoms with Crippen LogP contribution in [0, 0.1) is 6.92 Å². The fourth-order valence-electron chi connectivity index (χ4n) is 1.63. The van der Waals surface area contributed by atoms with Gasteiger partial charge in [-0.15, -0.1) is 23.1 Å². The molecule has 1 heterocycles. The second kappa shape index (κ2) is 4.25. The monoisotopic (exact) mass is 286 g/mol. The Hall–Kier alpha value is 0.01000. The molecule has 0 spiro atoms. The number of thiophene rings is 1. The van der Waals surface area contributed by atoms with Crippen molar-refractivity contribution in [3.63, 3.8) is 0 Å². The number of hydrogen-bond donors (Lipinski definition) is 0. The van der Waals surface area contributed by atoms with Crippen LogP contribution >= 0.6 is 39.0 Å². The first kappa shape index (κ1) is 10.5. The standard InChI is InChI=1S/C11H11BrS2/c1-7-6-14-9-4-3-8(5-12)11(13-2)10(7)9/h3-4,6H,5H2,1-2H3. The Labute approximate surface area is 101 Å². The summed E-state index contributed by atoms with van der Waals surface area (Å²) in [5.74, 6) is 0. The number of thioether (sulfide) groups is 1. The first-order chi connectivity index (χ1) is 6.77. The molecule has 0 amide bonds. The number of rotatable bonds is 2. The minimum atomic E-state index is 0.939. The Morgan fingerprint density at radius 2 is 2.21 bits per heavy atom. The average Bonchev–Trinajstić information content (AvgIpc) is 2.59. The summed E-state index contributed by atoms with van der Waals surface area (Å²) in [6.07, 6.45) is 2.15. The van der Waals surface area contributed by atoms with E-state index in [4.69, 9.17) is 0 Å². The van der Waals surface area contributed by atoms with Gasteiger partial charge in [-0.25, -0.2) is 0 Å². The number of alkyl halides is 1. The molecule has 0 saturated heterocycles. The zero-order valence-corrected chi connectivity index (χ0v) is 11.4. The molecular formula is C11H11BrS2. The summed E-state index contributed by atoms with van der Waals surface area (Å²) in [4.78, 5) is 1.43. The lowest BCUT2D eigenvalue weighted by Gasteiger charge is -2.06. The summed E-state index contributed by atoms with van der Waals surface area (Å²) in [5, 5.41) is 4.62. The molecule has 1 aromatic carbocycles. The molecule has 2 aromatic rings. The van der Waals surface area contributed by atoms with Crippen molar-refractivity contribution >= 4 is 49.1 Å². The molecular weight excluding hydrogens is 276 g/mol. The molecule has 0 atom stereocenters. The van der Waals surface area contributed by atoms with Gasteiger partial charge < -0.3 is 0 Å². The second-order valence-electron chi connectivity index (χ2n) is 3.18. The molecule has 2 rings (SSSR count). The summed E-state index contributed by atoms with van der Waals surface area (Å²) in [6.45, 7) is 2.19. The van der Waals surface area contributed by atoms with Crippen LogP contribution in [0.25, 0.3) is 10.1 Å². The number of fused-ring (bicyclic) bond motifs is 1. The molecule has 74 valence electrons. The fourth-order valence-corrected chi connectivity index (χ4v) is 4.17. The number of halogens is 1. The predicted octanol–water partition coefficient (Wildman–Crippen LogP) is 4.83. The summed E-state index contributed by atoms with van der Waals surface area (Å²) in [5.41, 5.74) is 2.80. The summed E-state index contributed by atoms with van der Waals surface area (Å²) in [6, 6.07) is 4.45. The molecule has 14 heavy (non-hydrogen) atoms. The van der Waals surface area contributed by atoms with Gasteiger partial charge in [-0.05, 0) is 35.8 Å². The third-order valence-corrected chi connectivity index (χ3v) is 4.85. The SMILES string of the molecule is CSc1c(CBr)ccc2scc(C)c12. The Bertz CT molecular complexity index is 460. The van der Waals surface area contributed by atoms with Crippen molar-refractivity contribution in [1.29, 1.82) is 0 Å². The van der Waals surface area contributed by atoms with Gasteiger partial charge in [0, 0.05) is 20.3 Å². The van der Waals surface area contributed by atoms with Crippen LogP contribution in [0.3, 0.4) is 0 Å². The maximum Gasteiger partial charge on any atom is 0.0356 e. The van der Waals surface area contributed by atoms with Crippen molar-refractivity contribution in [3.05, 3.63) is 28.6 Å². The zero-order valence-electron chi connectivity index (χ0n) is 8.13. The lowest BCUT2D eigenvalue weighted by atomic mass is 10.1. The maximum atomic E-state index is 3.54. The van der Waals surface area contributed by atoms with Gasteiger partial charge in [-0.1, -0.05) is 22.0 Å². The van der Waals surface area contributed by atoms with E-state index in [9.17, 15) is 0 Å². The second-order valence-corrected chi connectivity index (χ2v) is 5.47. The van der Waals surface area contributed by atoms with Crippen LogP contribution in [-0.4, -0.2) is 6.26 Å².